The zero-order valence-corrected chi connectivity index (χ0v) is 15.7. The van der Waals surface area contributed by atoms with Gasteiger partial charge >= 0.3 is 0 Å². The van der Waals surface area contributed by atoms with Gasteiger partial charge in [-0.3, -0.25) is 4.68 Å². The number of likely N-dealkylation sites (N-methyl/N-ethyl adjacent to an activating group) is 1. The Morgan fingerprint density at radius 3 is 2.58 bits per heavy atom. The number of nitrogens with zero attached hydrogens (tertiary/aromatic N) is 3. The maximum absolute atomic E-state index is 5.53. The van der Waals surface area contributed by atoms with Gasteiger partial charge in [-0.15, -0.1) is 0 Å². The van der Waals surface area contributed by atoms with Gasteiger partial charge in [-0.05, 0) is 26.1 Å². The molecule has 0 fully saturated rings. The van der Waals surface area contributed by atoms with Crippen LogP contribution in [-0.2, 0) is 13.6 Å². The van der Waals surface area contributed by atoms with Crippen molar-refractivity contribution in [3.63, 3.8) is 0 Å². The van der Waals surface area contributed by atoms with Crippen LogP contribution in [0.5, 0.6) is 5.75 Å². The summed E-state index contributed by atoms with van der Waals surface area (Å²) >= 11 is 0. The van der Waals surface area contributed by atoms with Gasteiger partial charge in [-0.25, -0.2) is 0 Å². The zero-order chi connectivity index (χ0) is 17.7. The third-order valence-corrected chi connectivity index (χ3v) is 4.26. The summed E-state index contributed by atoms with van der Waals surface area (Å²) in [6.07, 6.45) is 2.11. The predicted octanol–water partition coefficient (Wildman–Crippen LogP) is 2.94. The average Bonchev–Trinajstić information content (AvgIpc) is 2.92. The third-order valence-electron chi connectivity index (χ3n) is 4.26. The van der Waals surface area contributed by atoms with Gasteiger partial charge in [0.05, 0.1) is 18.8 Å². The van der Waals surface area contributed by atoms with E-state index in [0.717, 1.165) is 18.8 Å². The molecule has 0 spiro atoms. The number of ether oxygens (including phenoxy) is 1. The van der Waals surface area contributed by atoms with Gasteiger partial charge < -0.3 is 15.0 Å². The summed E-state index contributed by atoms with van der Waals surface area (Å²) in [4.78, 5) is 2.22. The maximum atomic E-state index is 5.53. The van der Waals surface area contributed by atoms with Crippen molar-refractivity contribution in [2.45, 2.75) is 32.4 Å². The minimum absolute atomic E-state index is 0.250. The van der Waals surface area contributed by atoms with Gasteiger partial charge in [0.1, 0.15) is 5.75 Å². The van der Waals surface area contributed by atoms with Crippen LogP contribution in [0.4, 0.5) is 0 Å². The van der Waals surface area contributed by atoms with Crippen LogP contribution in [0.25, 0.3) is 0 Å². The Balaban J connectivity index is 2.08. The molecule has 1 aromatic heterocycles. The van der Waals surface area contributed by atoms with Gasteiger partial charge in [0.2, 0.25) is 0 Å². The highest BCUT2D eigenvalue weighted by molar-refractivity contribution is 5.36. The number of nitrogens with one attached hydrogen (secondary N) is 1. The van der Waals surface area contributed by atoms with Crippen molar-refractivity contribution in [2.75, 3.05) is 27.7 Å². The van der Waals surface area contributed by atoms with E-state index in [2.05, 4.69) is 61.6 Å². The smallest absolute Gasteiger partial charge is 0.123 e. The van der Waals surface area contributed by atoms with Crippen LogP contribution < -0.4 is 10.1 Å². The molecular formula is C19H30N4O. The van der Waals surface area contributed by atoms with E-state index in [1.165, 1.54) is 16.8 Å². The fraction of sp³-hybridized carbons (Fsp3) is 0.526. The molecule has 5 heteroatoms. The second kappa shape index (κ2) is 8.31. The Morgan fingerprint density at radius 2 is 1.96 bits per heavy atom. The number of methoxy groups -OCH3 is 1. The number of aromatic nitrogens is 2. The molecule has 0 saturated heterocycles. The molecule has 0 bridgehead atoms. The van der Waals surface area contributed by atoms with Crippen molar-refractivity contribution in [1.82, 2.24) is 20.0 Å². The number of rotatable bonds is 8. The van der Waals surface area contributed by atoms with Gasteiger partial charge in [-0.2, -0.15) is 5.10 Å². The Kier molecular flexibility index (Phi) is 6.40. The van der Waals surface area contributed by atoms with E-state index in [1.54, 1.807) is 7.11 Å². The van der Waals surface area contributed by atoms with Crippen molar-refractivity contribution in [2.24, 2.45) is 7.05 Å². The molecule has 1 aromatic carbocycles. The van der Waals surface area contributed by atoms with Crippen LogP contribution in [0.15, 0.2) is 30.5 Å². The lowest BCUT2D eigenvalue weighted by Gasteiger charge is -2.26. The van der Waals surface area contributed by atoms with E-state index in [4.69, 9.17) is 4.74 Å². The van der Waals surface area contributed by atoms with Crippen molar-refractivity contribution >= 4 is 0 Å². The van der Waals surface area contributed by atoms with E-state index >= 15 is 0 Å². The topological polar surface area (TPSA) is 42.3 Å². The fourth-order valence-electron chi connectivity index (χ4n) is 3.03. The second-order valence-corrected chi connectivity index (χ2v) is 6.72. The first-order valence-electron chi connectivity index (χ1n) is 8.46. The molecule has 0 radical (unpaired) electrons. The highest BCUT2D eigenvalue weighted by Gasteiger charge is 2.18. The maximum Gasteiger partial charge on any atom is 0.123 e. The Morgan fingerprint density at radius 1 is 1.25 bits per heavy atom. The molecule has 0 aliphatic heterocycles. The molecule has 5 nitrogen and oxygen atoms in total. The van der Waals surface area contributed by atoms with Gasteiger partial charge in [0.15, 0.2) is 0 Å². The van der Waals surface area contributed by atoms with E-state index in [0.29, 0.717) is 5.92 Å². The summed E-state index contributed by atoms with van der Waals surface area (Å²) in [6, 6.07) is 8.47. The summed E-state index contributed by atoms with van der Waals surface area (Å²) in [5.74, 6) is 1.36. The van der Waals surface area contributed by atoms with Crippen molar-refractivity contribution in [1.29, 1.82) is 0 Å². The zero-order valence-electron chi connectivity index (χ0n) is 15.7. The highest BCUT2D eigenvalue weighted by atomic mass is 16.5. The van der Waals surface area contributed by atoms with Crippen LogP contribution >= 0.6 is 0 Å². The fourth-order valence-corrected chi connectivity index (χ4v) is 3.03. The van der Waals surface area contributed by atoms with Crippen molar-refractivity contribution in [3.05, 3.63) is 47.3 Å². The van der Waals surface area contributed by atoms with E-state index < -0.39 is 0 Å². The first kappa shape index (κ1) is 18.5. The Hall–Kier alpha value is -1.85. The molecule has 1 N–H and O–H groups in total. The lowest BCUT2D eigenvalue weighted by Crippen LogP contribution is -2.31. The third kappa shape index (κ3) is 4.36. The summed E-state index contributed by atoms with van der Waals surface area (Å²) in [6.45, 7) is 6.03. The van der Waals surface area contributed by atoms with E-state index in [9.17, 15) is 0 Å². The second-order valence-electron chi connectivity index (χ2n) is 6.72. The molecule has 0 aliphatic carbocycles. The largest absolute Gasteiger partial charge is 0.496 e. The predicted molar refractivity (Wildman–Crippen MR) is 98.4 cm³/mol. The Bertz CT molecular complexity index is 649. The summed E-state index contributed by atoms with van der Waals surface area (Å²) < 4.78 is 7.43. The molecule has 2 rings (SSSR count). The normalized spacial score (nSPS) is 12.8. The lowest BCUT2D eigenvalue weighted by atomic mass is 10.0. The van der Waals surface area contributed by atoms with Gasteiger partial charge in [-0.1, -0.05) is 32.0 Å². The molecule has 1 heterocycles. The minimum atomic E-state index is 0.250. The Labute approximate surface area is 145 Å². The first-order valence-corrected chi connectivity index (χ1v) is 8.46. The highest BCUT2D eigenvalue weighted by Crippen LogP contribution is 2.27. The molecule has 0 saturated carbocycles. The first-order chi connectivity index (χ1) is 11.4. The summed E-state index contributed by atoms with van der Waals surface area (Å²) in [5, 5.41) is 8.17. The molecule has 0 unspecified atom stereocenters. The quantitative estimate of drug-likeness (QED) is 0.808. The lowest BCUT2D eigenvalue weighted by molar-refractivity contribution is 0.279. The number of benzene rings is 1. The van der Waals surface area contributed by atoms with Crippen LogP contribution in [0.1, 0.15) is 42.6 Å². The van der Waals surface area contributed by atoms with Gasteiger partial charge in [0.25, 0.3) is 0 Å². The number of para-hydroxylation sites is 1. The SMILES string of the molecule is COc1ccccc1[C@@H](CNCc1cn(C)nc1C(C)C)N(C)C. The standard InChI is InChI=1S/C19H30N4O/c1-14(2)19-15(13-23(5)21-19)11-20-12-17(22(3)4)16-9-7-8-10-18(16)24-6/h7-10,13-14,17,20H,11-12H2,1-6H3/t17-/m1/s1. The molecule has 0 aliphatic rings. The van der Waals surface area contributed by atoms with Crippen molar-refractivity contribution in [3.8, 4) is 5.75 Å². The minimum Gasteiger partial charge on any atom is -0.496 e. The number of hydrogen-bond donors (Lipinski definition) is 1. The molecular weight excluding hydrogens is 300 g/mol. The van der Waals surface area contributed by atoms with E-state index in [-0.39, 0.29) is 6.04 Å². The monoisotopic (exact) mass is 330 g/mol. The van der Waals surface area contributed by atoms with Crippen LogP contribution in [0, 0.1) is 0 Å². The van der Waals surface area contributed by atoms with E-state index in [1.807, 2.05) is 23.9 Å². The number of aryl methyl sites for hydroxylation is 1. The average molecular weight is 330 g/mol. The molecule has 1 atom stereocenters. The van der Waals surface area contributed by atoms with Crippen molar-refractivity contribution < 1.29 is 4.74 Å². The molecule has 0 amide bonds. The summed E-state index contributed by atoms with van der Waals surface area (Å²) in [7, 11) is 7.90. The number of hydrogen-bond acceptors (Lipinski definition) is 4. The van der Waals surface area contributed by atoms with Crippen LogP contribution in [-0.4, -0.2) is 42.4 Å². The van der Waals surface area contributed by atoms with Gasteiger partial charge in [0, 0.05) is 37.5 Å². The molecule has 2 aromatic rings. The van der Waals surface area contributed by atoms with Crippen LogP contribution in [0.3, 0.4) is 0 Å². The van der Waals surface area contributed by atoms with Crippen LogP contribution in [0.2, 0.25) is 0 Å². The molecule has 24 heavy (non-hydrogen) atoms. The summed E-state index contributed by atoms with van der Waals surface area (Å²) in [5.41, 5.74) is 3.64. The molecule has 132 valence electrons.